The van der Waals surface area contributed by atoms with Crippen LogP contribution >= 0.6 is 0 Å². The van der Waals surface area contributed by atoms with Crippen LogP contribution in [0.4, 0.5) is 11.4 Å². The zero-order valence-electron chi connectivity index (χ0n) is 17.6. The van der Waals surface area contributed by atoms with Gasteiger partial charge >= 0.3 is 11.9 Å². The molecule has 0 spiro atoms. The summed E-state index contributed by atoms with van der Waals surface area (Å²) in [6.45, 7) is 4.73. The van der Waals surface area contributed by atoms with E-state index in [4.69, 9.17) is 14.2 Å². The van der Waals surface area contributed by atoms with Crippen molar-refractivity contribution in [2.45, 2.75) is 27.2 Å². The average Bonchev–Trinajstić information content (AvgIpc) is 3.08. The van der Waals surface area contributed by atoms with E-state index in [2.05, 4.69) is 10.3 Å². The topological polar surface area (TPSA) is 150 Å². The number of aromatic nitrogens is 1. The second-order valence-electron chi connectivity index (χ2n) is 6.32. The number of amides is 1. The zero-order chi connectivity index (χ0) is 23.1. The van der Waals surface area contributed by atoms with Gasteiger partial charge in [-0.15, -0.1) is 0 Å². The largest absolute Gasteiger partial charge is 0.494 e. The summed E-state index contributed by atoms with van der Waals surface area (Å²) in [6, 6.07) is 3.99. The van der Waals surface area contributed by atoms with Crippen molar-refractivity contribution in [1.29, 1.82) is 0 Å². The minimum atomic E-state index is -0.848. The normalized spacial score (nSPS) is 10.3. The second kappa shape index (κ2) is 10.2. The van der Waals surface area contributed by atoms with Gasteiger partial charge in [-0.2, -0.15) is 0 Å². The van der Waals surface area contributed by atoms with Gasteiger partial charge in [-0.3, -0.25) is 14.9 Å². The number of hydrogen-bond donors (Lipinski definition) is 2. The molecule has 0 saturated carbocycles. The number of hydrogen-bond acceptors (Lipinski definition) is 8. The summed E-state index contributed by atoms with van der Waals surface area (Å²) in [7, 11) is 1.23. The molecule has 0 unspecified atom stereocenters. The van der Waals surface area contributed by atoms with Gasteiger partial charge in [0.1, 0.15) is 17.1 Å². The summed E-state index contributed by atoms with van der Waals surface area (Å²) in [6.07, 6.45) is 0.445. The Bertz CT molecular complexity index is 1010. The van der Waals surface area contributed by atoms with Gasteiger partial charge in [-0.05, 0) is 38.0 Å². The maximum absolute atomic E-state index is 12.4. The summed E-state index contributed by atoms with van der Waals surface area (Å²) < 4.78 is 15.0. The number of anilines is 1. The Kier molecular flexibility index (Phi) is 7.72. The molecule has 0 aliphatic carbocycles. The van der Waals surface area contributed by atoms with Crippen LogP contribution in [0.15, 0.2) is 18.2 Å². The Labute approximate surface area is 177 Å². The van der Waals surface area contributed by atoms with Crippen molar-refractivity contribution in [3.05, 3.63) is 50.8 Å². The molecule has 0 atom stereocenters. The third-order valence-corrected chi connectivity index (χ3v) is 4.36. The zero-order valence-corrected chi connectivity index (χ0v) is 17.6. The fraction of sp³-hybridized carbons (Fsp3) is 0.350. The number of aromatic amines is 1. The van der Waals surface area contributed by atoms with Crippen LogP contribution in [0, 0.1) is 17.0 Å². The lowest BCUT2D eigenvalue weighted by Gasteiger charge is -2.09. The van der Waals surface area contributed by atoms with Crippen molar-refractivity contribution in [2.24, 2.45) is 0 Å². The summed E-state index contributed by atoms with van der Waals surface area (Å²) in [5, 5.41) is 13.6. The highest BCUT2D eigenvalue weighted by Gasteiger charge is 2.25. The Morgan fingerprint density at radius 3 is 2.48 bits per heavy atom. The molecule has 1 aromatic heterocycles. The number of methoxy groups -OCH3 is 1. The van der Waals surface area contributed by atoms with Crippen LogP contribution in [0.5, 0.6) is 5.75 Å². The highest BCUT2D eigenvalue weighted by molar-refractivity contribution is 6.00. The van der Waals surface area contributed by atoms with E-state index in [0.29, 0.717) is 24.3 Å². The molecule has 0 radical (unpaired) electrons. The Morgan fingerprint density at radius 1 is 1.19 bits per heavy atom. The molecule has 0 aliphatic rings. The lowest BCUT2D eigenvalue weighted by atomic mass is 10.1. The molecule has 0 saturated heterocycles. The Balaban J connectivity index is 2.10. The second-order valence-corrected chi connectivity index (χ2v) is 6.32. The molecule has 0 bridgehead atoms. The van der Waals surface area contributed by atoms with Gasteiger partial charge in [0.25, 0.3) is 11.6 Å². The fourth-order valence-electron chi connectivity index (χ4n) is 2.92. The number of carbonyl (C=O) groups excluding carboxylic acids is 3. The van der Waals surface area contributed by atoms with E-state index in [1.165, 1.54) is 25.3 Å². The van der Waals surface area contributed by atoms with Crippen LogP contribution in [0.25, 0.3) is 0 Å². The number of benzene rings is 1. The summed E-state index contributed by atoms with van der Waals surface area (Å²) in [5.74, 6) is -1.92. The lowest BCUT2D eigenvalue weighted by molar-refractivity contribution is -0.384. The quantitative estimate of drug-likeness (QED) is 0.348. The number of esters is 2. The molecule has 2 rings (SSSR count). The first kappa shape index (κ1) is 23.4. The predicted octanol–water partition coefficient (Wildman–Crippen LogP) is 2.77. The van der Waals surface area contributed by atoms with E-state index in [9.17, 15) is 24.5 Å². The molecule has 1 heterocycles. The minimum absolute atomic E-state index is 0.0251. The van der Waals surface area contributed by atoms with Crippen LogP contribution in [0.2, 0.25) is 0 Å². The van der Waals surface area contributed by atoms with Gasteiger partial charge in [-0.1, -0.05) is 6.92 Å². The van der Waals surface area contributed by atoms with Crippen LogP contribution in [-0.2, 0) is 20.7 Å². The molecule has 2 aromatic rings. The number of rotatable bonds is 9. The van der Waals surface area contributed by atoms with Gasteiger partial charge in [0, 0.05) is 5.69 Å². The van der Waals surface area contributed by atoms with Crippen molar-refractivity contribution < 1.29 is 33.5 Å². The highest BCUT2D eigenvalue weighted by Crippen LogP contribution is 2.29. The van der Waals surface area contributed by atoms with Gasteiger partial charge < -0.3 is 24.5 Å². The van der Waals surface area contributed by atoms with Crippen molar-refractivity contribution in [3.63, 3.8) is 0 Å². The van der Waals surface area contributed by atoms with Gasteiger partial charge in [0.05, 0.1) is 30.3 Å². The van der Waals surface area contributed by atoms with Crippen LogP contribution in [0.1, 0.15) is 46.0 Å². The first-order valence-electron chi connectivity index (χ1n) is 9.41. The highest BCUT2D eigenvalue weighted by atomic mass is 16.6. The van der Waals surface area contributed by atoms with Crippen LogP contribution in [0.3, 0.4) is 0 Å². The number of nitrogens with zero attached hydrogens (tertiary/aromatic N) is 1. The number of nitro groups is 1. The van der Waals surface area contributed by atoms with E-state index in [1.807, 2.05) is 0 Å². The molecule has 2 N–H and O–H groups in total. The van der Waals surface area contributed by atoms with Gasteiger partial charge in [0.2, 0.25) is 0 Å². The number of carbonyl (C=O) groups is 3. The monoisotopic (exact) mass is 433 g/mol. The minimum Gasteiger partial charge on any atom is -0.494 e. The number of H-pyrrole nitrogens is 1. The summed E-state index contributed by atoms with van der Waals surface area (Å²) in [5.41, 5.74) is 0.693. The molecule has 1 amide bonds. The fourth-order valence-corrected chi connectivity index (χ4v) is 2.92. The number of aryl methyl sites for hydroxylation is 1. The van der Waals surface area contributed by atoms with Crippen molar-refractivity contribution in [1.82, 2.24) is 4.98 Å². The first-order valence-corrected chi connectivity index (χ1v) is 9.41. The van der Waals surface area contributed by atoms with E-state index in [-0.39, 0.29) is 28.4 Å². The molecule has 0 aliphatic heterocycles. The van der Waals surface area contributed by atoms with Crippen LogP contribution in [-0.4, -0.2) is 48.1 Å². The van der Waals surface area contributed by atoms with E-state index < -0.39 is 29.4 Å². The van der Waals surface area contributed by atoms with Gasteiger partial charge in [-0.25, -0.2) is 9.59 Å². The van der Waals surface area contributed by atoms with Crippen molar-refractivity contribution in [2.75, 3.05) is 25.6 Å². The smallest absolute Gasteiger partial charge is 0.355 e. The van der Waals surface area contributed by atoms with Crippen molar-refractivity contribution >= 4 is 29.2 Å². The predicted molar refractivity (Wildman–Crippen MR) is 109 cm³/mol. The van der Waals surface area contributed by atoms with E-state index in [1.54, 1.807) is 20.8 Å². The Hall–Kier alpha value is -3.89. The van der Waals surface area contributed by atoms with Crippen molar-refractivity contribution in [3.8, 4) is 5.75 Å². The van der Waals surface area contributed by atoms with E-state index in [0.717, 1.165) is 0 Å². The van der Waals surface area contributed by atoms with E-state index >= 15 is 0 Å². The summed E-state index contributed by atoms with van der Waals surface area (Å²) >= 11 is 0. The standard InChI is InChI=1S/C20H23N3O8/c1-5-13-17(19(25)29-4)11(3)18(22-13)20(26)31-10-16(24)21-14-8-7-12(30-6-2)9-15(14)23(27)28/h7-9,22H,5-6,10H2,1-4H3,(H,21,24). The summed E-state index contributed by atoms with van der Waals surface area (Å²) in [4.78, 5) is 49.9. The SMILES string of the molecule is CCOc1ccc(NC(=O)COC(=O)c2[nH]c(CC)c(C(=O)OC)c2C)c([N+](=O)[O-])c1. The number of ether oxygens (including phenoxy) is 3. The average molecular weight is 433 g/mol. The number of nitro benzene ring substituents is 1. The molecule has 11 nitrogen and oxygen atoms in total. The molecule has 11 heteroatoms. The third-order valence-electron chi connectivity index (χ3n) is 4.36. The molecular weight excluding hydrogens is 410 g/mol. The maximum atomic E-state index is 12.4. The molecule has 31 heavy (non-hydrogen) atoms. The lowest BCUT2D eigenvalue weighted by Crippen LogP contribution is -2.22. The van der Waals surface area contributed by atoms with Gasteiger partial charge in [0.15, 0.2) is 6.61 Å². The third kappa shape index (κ3) is 5.38. The molecular formula is C20H23N3O8. The first-order chi connectivity index (χ1) is 14.7. The maximum Gasteiger partial charge on any atom is 0.355 e. The number of nitrogens with one attached hydrogen (secondary N) is 2. The molecule has 1 aromatic carbocycles. The Morgan fingerprint density at radius 2 is 1.90 bits per heavy atom. The molecule has 0 fully saturated rings. The molecule has 166 valence electrons. The van der Waals surface area contributed by atoms with Crippen LogP contribution < -0.4 is 10.1 Å².